The van der Waals surface area contributed by atoms with Crippen molar-refractivity contribution in [1.29, 1.82) is 0 Å². The monoisotopic (exact) mass is 216 g/mol. The summed E-state index contributed by atoms with van der Waals surface area (Å²) in [6, 6.07) is 0. The van der Waals surface area contributed by atoms with Crippen molar-refractivity contribution < 1.29 is 23.9 Å². The van der Waals surface area contributed by atoms with Crippen LogP contribution in [0, 0.1) is 0 Å². The Morgan fingerprint density at radius 3 is 2.27 bits per heavy atom. The lowest BCUT2D eigenvalue weighted by Gasteiger charge is -2.10. The summed E-state index contributed by atoms with van der Waals surface area (Å²) in [6.07, 6.45) is 0.179. The molecule has 0 rings (SSSR count). The Bertz CT molecular complexity index is 246. The fourth-order valence-corrected chi connectivity index (χ4v) is 0.983. The molecule has 0 aromatic rings. The van der Waals surface area contributed by atoms with E-state index in [0.717, 1.165) is 0 Å². The smallest absolute Gasteiger partial charge is 0.317 e. The molecule has 1 unspecified atom stereocenters. The normalized spacial score (nSPS) is 11.7. The molecule has 0 aromatic carbocycles. The first-order valence-corrected chi connectivity index (χ1v) is 4.86. The van der Waals surface area contributed by atoms with Crippen molar-refractivity contribution in [3.8, 4) is 0 Å². The first kappa shape index (κ1) is 13.6. The van der Waals surface area contributed by atoms with Gasteiger partial charge >= 0.3 is 17.9 Å². The van der Waals surface area contributed by atoms with Gasteiger partial charge in [-0.15, -0.1) is 0 Å². The molecule has 0 radical (unpaired) electrons. The van der Waals surface area contributed by atoms with Gasteiger partial charge in [0.1, 0.15) is 6.10 Å². The summed E-state index contributed by atoms with van der Waals surface area (Å²) >= 11 is 0. The third-order valence-electron chi connectivity index (χ3n) is 1.50. The topological polar surface area (TPSA) is 69.7 Å². The predicted octanol–water partition coefficient (Wildman–Crippen LogP) is 1.20. The molecule has 0 aromatic heterocycles. The Morgan fingerprint density at radius 1 is 1.20 bits per heavy atom. The van der Waals surface area contributed by atoms with Crippen LogP contribution in [0.15, 0.2) is 0 Å². The van der Waals surface area contributed by atoms with E-state index in [-0.39, 0.29) is 12.8 Å². The number of esters is 3. The fraction of sp³-hybridized carbons (Fsp3) is 0.700. The molecule has 0 aliphatic heterocycles. The van der Waals surface area contributed by atoms with Crippen molar-refractivity contribution in [2.24, 2.45) is 0 Å². The Kier molecular flexibility index (Phi) is 6.33. The summed E-state index contributed by atoms with van der Waals surface area (Å²) in [7, 11) is 0. The first-order chi connectivity index (χ1) is 6.95. The van der Waals surface area contributed by atoms with E-state index in [2.05, 4.69) is 4.74 Å². The molecule has 0 amide bonds. The minimum atomic E-state index is -0.665. The van der Waals surface area contributed by atoms with Gasteiger partial charge in [0.25, 0.3) is 0 Å². The van der Waals surface area contributed by atoms with Crippen molar-refractivity contribution in [2.75, 3.05) is 0 Å². The molecule has 0 saturated carbocycles. The summed E-state index contributed by atoms with van der Waals surface area (Å²) in [4.78, 5) is 32.5. The highest BCUT2D eigenvalue weighted by Gasteiger charge is 2.15. The summed E-state index contributed by atoms with van der Waals surface area (Å²) in [5.74, 6) is -1.67. The summed E-state index contributed by atoms with van der Waals surface area (Å²) in [6.45, 7) is 4.63. The first-order valence-electron chi connectivity index (χ1n) is 4.86. The lowest BCUT2D eigenvalue weighted by molar-refractivity contribution is -0.162. The molecule has 5 nitrogen and oxygen atoms in total. The van der Waals surface area contributed by atoms with Gasteiger partial charge in [0.05, 0.1) is 6.42 Å². The molecule has 15 heavy (non-hydrogen) atoms. The maximum absolute atomic E-state index is 11.1. The summed E-state index contributed by atoms with van der Waals surface area (Å²) in [5, 5.41) is 0. The highest BCUT2D eigenvalue weighted by Crippen LogP contribution is 2.01. The molecule has 5 heteroatoms. The van der Waals surface area contributed by atoms with Crippen LogP contribution in [0.1, 0.15) is 40.0 Å². The average Bonchev–Trinajstić information content (AvgIpc) is 2.00. The SMILES string of the molecule is CCCC(=O)OC(=O)CC(C)OC(C)=O. The van der Waals surface area contributed by atoms with Crippen molar-refractivity contribution in [1.82, 2.24) is 0 Å². The van der Waals surface area contributed by atoms with Gasteiger partial charge in [-0.3, -0.25) is 14.4 Å². The molecular formula is C10H16O5. The van der Waals surface area contributed by atoms with E-state index in [0.29, 0.717) is 6.42 Å². The van der Waals surface area contributed by atoms with Gasteiger partial charge in [0.15, 0.2) is 0 Å². The highest BCUT2D eigenvalue weighted by atomic mass is 16.6. The van der Waals surface area contributed by atoms with E-state index < -0.39 is 24.0 Å². The van der Waals surface area contributed by atoms with Crippen molar-refractivity contribution in [2.45, 2.75) is 46.1 Å². The molecule has 0 N–H and O–H groups in total. The summed E-state index contributed by atoms with van der Waals surface area (Å²) < 4.78 is 9.19. The van der Waals surface area contributed by atoms with Crippen LogP contribution in [0.25, 0.3) is 0 Å². The molecule has 1 atom stereocenters. The Morgan fingerprint density at radius 2 is 1.80 bits per heavy atom. The maximum atomic E-state index is 11.1. The van der Waals surface area contributed by atoms with Crippen molar-refractivity contribution in [3.63, 3.8) is 0 Å². The zero-order valence-corrected chi connectivity index (χ0v) is 9.24. The molecule has 0 aliphatic carbocycles. The zero-order chi connectivity index (χ0) is 11.8. The Labute approximate surface area is 88.7 Å². The maximum Gasteiger partial charge on any atom is 0.317 e. The lowest BCUT2D eigenvalue weighted by atomic mass is 10.3. The quantitative estimate of drug-likeness (QED) is 0.510. The Balaban J connectivity index is 3.82. The van der Waals surface area contributed by atoms with Gasteiger partial charge in [0.2, 0.25) is 0 Å². The van der Waals surface area contributed by atoms with Crippen molar-refractivity contribution >= 4 is 17.9 Å². The minimum absolute atomic E-state index is 0.102. The van der Waals surface area contributed by atoms with Crippen LogP contribution in [0.5, 0.6) is 0 Å². The van der Waals surface area contributed by atoms with Gasteiger partial charge in [-0.25, -0.2) is 0 Å². The van der Waals surface area contributed by atoms with Crippen LogP contribution >= 0.6 is 0 Å². The second-order valence-corrected chi connectivity index (χ2v) is 3.22. The fourth-order valence-electron chi connectivity index (χ4n) is 0.983. The third-order valence-corrected chi connectivity index (χ3v) is 1.50. The van der Waals surface area contributed by atoms with Gasteiger partial charge < -0.3 is 9.47 Å². The van der Waals surface area contributed by atoms with E-state index in [1.165, 1.54) is 6.92 Å². The van der Waals surface area contributed by atoms with Crippen LogP contribution in [0.4, 0.5) is 0 Å². The lowest BCUT2D eigenvalue weighted by Crippen LogP contribution is -2.20. The number of hydrogen-bond acceptors (Lipinski definition) is 5. The molecular weight excluding hydrogens is 200 g/mol. The number of carbonyl (C=O) groups excluding carboxylic acids is 3. The number of carbonyl (C=O) groups is 3. The van der Waals surface area contributed by atoms with Gasteiger partial charge in [-0.05, 0) is 13.3 Å². The molecule has 0 bridgehead atoms. The van der Waals surface area contributed by atoms with Crippen molar-refractivity contribution in [3.05, 3.63) is 0 Å². The standard InChI is InChI=1S/C10H16O5/c1-4-5-9(12)15-10(13)6-7(2)14-8(3)11/h7H,4-6H2,1-3H3. The summed E-state index contributed by atoms with van der Waals surface area (Å²) in [5.41, 5.74) is 0. The second-order valence-electron chi connectivity index (χ2n) is 3.22. The van der Waals surface area contributed by atoms with E-state index in [1.807, 2.05) is 6.92 Å². The second kappa shape index (κ2) is 6.98. The number of rotatable bonds is 5. The Hall–Kier alpha value is -1.39. The van der Waals surface area contributed by atoms with E-state index >= 15 is 0 Å². The number of ether oxygens (including phenoxy) is 2. The van der Waals surface area contributed by atoms with Crippen LogP contribution in [-0.2, 0) is 23.9 Å². The largest absolute Gasteiger partial charge is 0.462 e. The molecule has 0 heterocycles. The molecule has 0 aliphatic rings. The number of hydrogen-bond donors (Lipinski definition) is 0. The van der Waals surface area contributed by atoms with Gasteiger partial charge in [-0.2, -0.15) is 0 Å². The average molecular weight is 216 g/mol. The van der Waals surface area contributed by atoms with Crippen LogP contribution in [0.3, 0.4) is 0 Å². The zero-order valence-electron chi connectivity index (χ0n) is 9.24. The predicted molar refractivity (Wildman–Crippen MR) is 51.9 cm³/mol. The molecule has 86 valence electrons. The van der Waals surface area contributed by atoms with E-state index in [9.17, 15) is 14.4 Å². The van der Waals surface area contributed by atoms with Gasteiger partial charge in [0, 0.05) is 13.3 Å². The highest BCUT2D eigenvalue weighted by molar-refractivity contribution is 5.85. The molecule has 0 saturated heterocycles. The van der Waals surface area contributed by atoms with Crippen LogP contribution in [-0.4, -0.2) is 24.0 Å². The van der Waals surface area contributed by atoms with Crippen LogP contribution in [0.2, 0.25) is 0 Å². The van der Waals surface area contributed by atoms with Gasteiger partial charge in [-0.1, -0.05) is 6.92 Å². The van der Waals surface area contributed by atoms with E-state index in [1.54, 1.807) is 6.92 Å². The molecule has 0 fully saturated rings. The minimum Gasteiger partial charge on any atom is -0.462 e. The molecule has 0 spiro atoms. The third kappa shape index (κ3) is 7.66. The van der Waals surface area contributed by atoms with Crippen LogP contribution < -0.4 is 0 Å². The van der Waals surface area contributed by atoms with E-state index in [4.69, 9.17) is 4.74 Å².